The number of nitrogens with one attached hydrogen (secondary N) is 1. The van der Waals surface area contributed by atoms with Crippen molar-refractivity contribution in [2.75, 3.05) is 5.32 Å². The molecule has 2 aromatic rings. The number of amides is 1. The lowest BCUT2D eigenvalue weighted by molar-refractivity contribution is -0.122. The first kappa shape index (κ1) is 16.6. The summed E-state index contributed by atoms with van der Waals surface area (Å²) >= 11 is 11.8. The number of carbonyl (C=O) groups excluding carboxylic acids is 1. The highest BCUT2D eigenvalue weighted by Gasteiger charge is 2.17. The van der Waals surface area contributed by atoms with E-state index in [9.17, 15) is 9.18 Å². The third kappa shape index (κ3) is 4.12. The highest BCUT2D eigenvalue weighted by atomic mass is 35.5. The van der Waals surface area contributed by atoms with Gasteiger partial charge in [-0.2, -0.15) is 0 Å². The van der Waals surface area contributed by atoms with Gasteiger partial charge in [0.15, 0.2) is 6.10 Å². The molecule has 0 heterocycles. The van der Waals surface area contributed by atoms with Gasteiger partial charge in [0.25, 0.3) is 5.91 Å². The van der Waals surface area contributed by atoms with Crippen LogP contribution in [0.15, 0.2) is 36.4 Å². The topological polar surface area (TPSA) is 38.3 Å². The monoisotopic (exact) mass is 341 g/mol. The van der Waals surface area contributed by atoms with Crippen LogP contribution in [0, 0.1) is 12.7 Å². The minimum atomic E-state index is -0.775. The lowest BCUT2D eigenvalue weighted by Crippen LogP contribution is -2.30. The predicted octanol–water partition coefficient (Wildman–Crippen LogP) is 4.85. The lowest BCUT2D eigenvalue weighted by atomic mass is 10.2. The number of rotatable bonds is 4. The summed E-state index contributed by atoms with van der Waals surface area (Å²) in [5, 5.41) is 3.50. The molecular weight excluding hydrogens is 328 g/mol. The van der Waals surface area contributed by atoms with Crippen LogP contribution in [0.5, 0.6) is 5.75 Å². The third-order valence-electron chi connectivity index (χ3n) is 3.01. The van der Waals surface area contributed by atoms with Gasteiger partial charge < -0.3 is 10.1 Å². The molecule has 0 saturated heterocycles. The zero-order valence-corrected chi connectivity index (χ0v) is 13.5. The van der Waals surface area contributed by atoms with Crippen LogP contribution >= 0.6 is 23.2 Å². The molecule has 3 nitrogen and oxygen atoms in total. The van der Waals surface area contributed by atoms with Crippen LogP contribution in [0.3, 0.4) is 0 Å². The van der Waals surface area contributed by atoms with Gasteiger partial charge in [-0.3, -0.25) is 4.79 Å². The van der Waals surface area contributed by atoms with Crippen molar-refractivity contribution in [3.05, 3.63) is 57.8 Å². The molecule has 0 aromatic heterocycles. The second-order valence-corrected chi connectivity index (χ2v) is 5.63. The highest BCUT2D eigenvalue weighted by molar-refractivity contribution is 6.35. The van der Waals surface area contributed by atoms with Crippen molar-refractivity contribution in [2.24, 2.45) is 0 Å². The summed E-state index contributed by atoms with van der Waals surface area (Å²) in [6, 6.07) is 8.88. The summed E-state index contributed by atoms with van der Waals surface area (Å²) in [6.07, 6.45) is -0.775. The van der Waals surface area contributed by atoms with Crippen molar-refractivity contribution in [3.8, 4) is 5.75 Å². The fraction of sp³-hybridized carbons (Fsp3) is 0.188. The van der Waals surface area contributed by atoms with E-state index in [0.717, 1.165) is 0 Å². The summed E-state index contributed by atoms with van der Waals surface area (Å²) < 4.78 is 18.6. The molecule has 0 unspecified atom stereocenters. The van der Waals surface area contributed by atoms with Gasteiger partial charge in [0.1, 0.15) is 11.6 Å². The fourth-order valence-corrected chi connectivity index (χ4v) is 2.27. The molecular formula is C16H14Cl2FNO2. The summed E-state index contributed by atoms with van der Waals surface area (Å²) in [5.41, 5.74) is 1.16. The maximum absolute atomic E-state index is 13.0. The van der Waals surface area contributed by atoms with E-state index in [1.165, 1.54) is 24.3 Å². The van der Waals surface area contributed by atoms with Crippen LogP contribution < -0.4 is 10.1 Å². The number of hydrogen-bond acceptors (Lipinski definition) is 2. The molecule has 6 heteroatoms. The number of carbonyl (C=O) groups is 1. The first-order valence-electron chi connectivity index (χ1n) is 6.55. The SMILES string of the molecule is Cc1cc(F)ccc1NC(=O)[C@@H](C)Oc1ccc(Cl)cc1Cl. The quantitative estimate of drug-likeness (QED) is 0.863. The van der Waals surface area contributed by atoms with E-state index in [4.69, 9.17) is 27.9 Å². The van der Waals surface area contributed by atoms with Gasteiger partial charge in [-0.25, -0.2) is 4.39 Å². The zero-order valence-electron chi connectivity index (χ0n) is 12.0. The predicted molar refractivity (Wildman–Crippen MR) is 86.3 cm³/mol. The standard InChI is InChI=1S/C16H14Cl2FNO2/c1-9-7-12(19)4-5-14(9)20-16(21)10(2)22-15-6-3-11(17)8-13(15)18/h3-8,10H,1-2H3,(H,20,21)/t10-/m1/s1. The number of benzene rings is 2. The van der Waals surface area contributed by atoms with E-state index >= 15 is 0 Å². The van der Waals surface area contributed by atoms with Gasteiger partial charge in [0.2, 0.25) is 0 Å². The van der Waals surface area contributed by atoms with Gasteiger partial charge in [-0.1, -0.05) is 23.2 Å². The Hall–Kier alpha value is -1.78. The van der Waals surface area contributed by atoms with Gasteiger partial charge in [0.05, 0.1) is 5.02 Å². The second kappa shape index (κ2) is 6.99. The number of anilines is 1. The Morgan fingerprint density at radius 2 is 1.95 bits per heavy atom. The van der Waals surface area contributed by atoms with E-state index < -0.39 is 6.10 Å². The first-order chi connectivity index (χ1) is 10.4. The summed E-state index contributed by atoms with van der Waals surface area (Å²) in [4.78, 5) is 12.1. The van der Waals surface area contributed by atoms with E-state index in [1.54, 1.807) is 26.0 Å². The maximum atomic E-state index is 13.0. The summed E-state index contributed by atoms with van der Waals surface area (Å²) in [5.74, 6) is -0.349. The molecule has 0 spiro atoms. The molecule has 0 aliphatic rings. The summed E-state index contributed by atoms with van der Waals surface area (Å²) in [7, 11) is 0. The van der Waals surface area contributed by atoms with Crippen LogP contribution in [0.4, 0.5) is 10.1 Å². The molecule has 1 N–H and O–H groups in total. The minimum absolute atomic E-state index is 0.324. The van der Waals surface area contributed by atoms with Crippen LogP contribution in [0.2, 0.25) is 10.0 Å². The van der Waals surface area contributed by atoms with Gasteiger partial charge in [0, 0.05) is 10.7 Å². The molecule has 1 atom stereocenters. The third-order valence-corrected chi connectivity index (χ3v) is 3.54. The van der Waals surface area contributed by atoms with Crippen LogP contribution in [-0.2, 0) is 4.79 Å². The lowest BCUT2D eigenvalue weighted by Gasteiger charge is -2.16. The molecule has 0 saturated carbocycles. The van der Waals surface area contributed by atoms with Crippen molar-refractivity contribution in [1.82, 2.24) is 0 Å². The second-order valence-electron chi connectivity index (χ2n) is 4.78. The maximum Gasteiger partial charge on any atom is 0.265 e. The number of ether oxygens (including phenoxy) is 1. The smallest absolute Gasteiger partial charge is 0.265 e. The number of aryl methyl sites for hydroxylation is 1. The Morgan fingerprint density at radius 1 is 1.23 bits per heavy atom. The average molecular weight is 342 g/mol. The van der Waals surface area contributed by atoms with E-state index in [2.05, 4.69) is 5.32 Å². The Balaban J connectivity index is 2.05. The molecule has 0 aliphatic carbocycles. The molecule has 0 bridgehead atoms. The average Bonchev–Trinajstić information content (AvgIpc) is 2.44. The van der Waals surface area contributed by atoms with E-state index in [-0.39, 0.29) is 11.7 Å². The van der Waals surface area contributed by atoms with Crippen molar-refractivity contribution in [1.29, 1.82) is 0 Å². The Bertz CT molecular complexity index is 707. The summed E-state index contributed by atoms with van der Waals surface area (Å²) in [6.45, 7) is 3.30. The van der Waals surface area contributed by atoms with Gasteiger partial charge in [-0.05, 0) is 55.8 Å². The molecule has 1 amide bonds. The molecule has 0 aliphatic heterocycles. The van der Waals surface area contributed by atoms with Crippen molar-refractivity contribution >= 4 is 34.8 Å². The van der Waals surface area contributed by atoms with Gasteiger partial charge >= 0.3 is 0 Å². The van der Waals surface area contributed by atoms with Crippen LogP contribution in [0.25, 0.3) is 0 Å². The highest BCUT2D eigenvalue weighted by Crippen LogP contribution is 2.28. The van der Waals surface area contributed by atoms with Crippen LogP contribution in [0.1, 0.15) is 12.5 Å². The molecule has 0 fully saturated rings. The number of hydrogen-bond donors (Lipinski definition) is 1. The van der Waals surface area contributed by atoms with E-state index in [0.29, 0.717) is 27.0 Å². The van der Waals surface area contributed by atoms with Gasteiger partial charge in [-0.15, -0.1) is 0 Å². The number of halogens is 3. The normalized spacial score (nSPS) is 11.9. The largest absolute Gasteiger partial charge is 0.479 e. The van der Waals surface area contributed by atoms with E-state index in [1.807, 2.05) is 0 Å². The zero-order chi connectivity index (χ0) is 16.3. The Labute approximate surface area is 138 Å². The minimum Gasteiger partial charge on any atom is -0.479 e. The van der Waals surface area contributed by atoms with Crippen molar-refractivity contribution in [2.45, 2.75) is 20.0 Å². The van der Waals surface area contributed by atoms with Crippen molar-refractivity contribution < 1.29 is 13.9 Å². The van der Waals surface area contributed by atoms with Crippen LogP contribution in [-0.4, -0.2) is 12.0 Å². The molecule has 116 valence electrons. The first-order valence-corrected chi connectivity index (χ1v) is 7.31. The van der Waals surface area contributed by atoms with Crippen molar-refractivity contribution in [3.63, 3.8) is 0 Å². The molecule has 2 aromatic carbocycles. The Kier molecular flexibility index (Phi) is 5.27. The molecule has 0 radical (unpaired) electrons. The Morgan fingerprint density at radius 3 is 2.59 bits per heavy atom. The fourth-order valence-electron chi connectivity index (χ4n) is 1.82. The molecule has 2 rings (SSSR count). The molecule has 22 heavy (non-hydrogen) atoms.